The fourth-order valence-electron chi connectivity index (χ4n) is 19.0. The fourth-order valence-corrected chi connectivity index (χ4v) is 19.0. The Labute approximate surface area is 704 Å². The molecule has 0 aliphatic carbocycles. The molecule has 0 unspecified atom stereocenters. The smallest absolute Gasteiger partial charge is 0.252 e. The van der Waals surface area contributed by atoms with Crippen molar-refractivity contribution in [2.45, 2.75) is 189 Å². The van der Waals surface area contributed by atoms with E-state index in [1.165, 1.54) is 43.8 Å². The highest BCUT2D eigenvalue weighted by Crippen LogP contribution is 2.56. The maximum absolute atomic E-state index is 10.6. The molecule has 4 nitrogen and oxygen atoms in total. The highest BCUT2D eigenvalue weighted by molar-refractivity contribution is 7.00. The third-order valence-electron chi connectivity index (χ3n) is 23.2. The molecule has 2 aromatic heterocycles. The molecule has 5 heteroatoms. The number of nitrogens with zero attached hydrogens (tertiary/aromatic N) is 4. The minimum atomic E-state index is -1.82. The van der Waals surface area contributed by atoms with Crippen LogP contribution in [0.1, 0.15) is 190 Å². The molecule has 0 spiro atoms. The first-order valence-corrected chi connectivity index (χ1v) is 42.7. The van der Waals surface area contributed by atoms with Gasteiger partial charge in [-0.05, 0) is 239 Å². The van der Waals surface area contributed by atoms with Crippen molar-refractivity contribution in [2.24, 2.45) is 32.5 Å². The molecule has 15 aromatic rings. The maximum Gasteiger partial charge on any atom is 0.252 e. The minimum absolute atomic E-state index is 0.0444. The predicted octanol–water partition coefficient (Wildman–Crippen LogP) is 29.5. The van der Waals surface area contributed by atoms with Gasteiger partial charge in [-0.1, -0.05) is 327 Å². The number of anilines is 6. The van der Waals surface area contributed by atoms with Crippen molar-refractivity contribution in [3.63, 3.8) is 0 Å². The van der Waals surface area contributed by atoms with Gasteiger partial charge in [-0.15, -0.1) is 0 Å². The summed E-state index contributed by atoms with van der Waals surface area (Å²) in [5.41, 5.74) is 28.6. The third kappa shape index (κ3) is 15.7. The Hall–Kier alpha value is -10.9. The zero-order valence-corrected chi connectivity index (χ0v) is 73.1. The molecule has 0 saturated carbocycles. The summed E-state index contributed by atoms with van der Waals surface area (Å²) in [5, 5.41) is 4.72. The van der Waals surface area contributed by atoms with E-state index in [1.54, 1.807) is 0 Å². The summed E-state index contributed by atoms with van der Waals surface area (Å²) in [5.74, 6) is 0. The number of aromatic nitrogens is 2. The molecule has 0 bridgehead atoms. The van der Waals surface area contributed by atoms with Crippen LogP contribution in [0.3, 0.4) is 0 Å². The zero-order chi connectivity index (χ0) is 86.0. The van der Waals surface area contributed by atoms with E-state index < -0.39 is 35.7 Å². The topological polar surface area (TPSA) is 16.3 Å². The van der Waals surface area contributed by atoms with Gasteiger partial charge < -0.3 is 18.9 Å². The molecule has 0 radical (unpaired) electrons. The maximum atomic E-state index is 10.6. The largest absolute Gasteiger partial charge is 0.310 e. The fraction of sp³-hybridized carbons (Fsp3) is 0.304. The van der Waals surface area contributed by atoms with Gasteiger partial charge in [0.15, 0.2) is 0 Å². The first-order chi connectivity index (χ1) is 56.9. The molecule has 0 saturated heterocycles. The van der Waals surface area contributed by atoms with Gasteiger partial charge >= 0.3 is 0 Å². The van der Waals surface area contributed by atoms with Crippen LogP contribution in [0.2, 0.25) is 0 Å². The predicted molar refractivity (Wildman–Crippen MR) is 509 cm³/mol. The lowest BCUT2D eigenvalue weighted by molar-refractivity contribution is 0.410. The lowest BCUT2D eigenvalue weighted by atomic mass is 9.33. The van der Waals surface area contributed by atoms with Crippen LogP contribution in [0.4, 0.5) is 34.1 Å². The van der Waals surface area contributed by atoms with Crippen LogP contribution in [-0.2, 0) is 43.8 Å². The third-order valence-corrected chi connectivity index (χ3v) is 23.2. The van der Waals surface area contributed by atoms with Crippen molar-refractivity contribution in [1.82, 2.24) is 9.13 Å². The zero-order valence-electron chi connectivity index (χ0n) is 77.1. The second-order valence-electron chi connectivity index (χ2n) is 41.8. The number of para-hydroxylation sites is 4. The van der Waals surface area contributed by atoms with E-state index >= 15 is 0 Å². The Balaban J connectivity index is 1.10. The van der Waals surface area contributed by atoms with Gasteiger partial charge in [-0.25, -0.2) is 0 Å². The first kappa shape index (κ1) is 73.7. The Morgan fingerprint density at radius 1 is 0.265 bits per heavy atom. The Kier molecular flexibility index (Phi) is 18.3. The molecule has 0 N–H and O–H groups in total. The van der Waals surface area contributed by atoms with Crippen molar-refractivity contribution < 1.29 is 5.48 Å². The Morgan fingerprint density at radius 2 is 0.547 bits per heavy atom. The minimum Gasteiger partial charge on any atom is -0.310 e. The van der Waals surface area contributed by atoms with Crippen LogP contribution < -0.4 is 26.2 Å². The SMILES string of the molecule is [2H]C([2H])(c1cc(-c2cccc(CC(C)(C)C)c2)c(N2c3cc(-n4c5ccccc5c5ccccc54)ccc3B3c4ccc(-n5c6ccccc6c6ccccc65)cc4N(c4c(-c5cccc(CC(C)(C)C)c5)cc(C([2H])([2H])C(C)(C)C)cc4-c4cccc(CC(C)(C)C)c4)c4cc(C(C)(C)C)cc2c43)c(-c2cccc(CC(C)(C)C)c2)c1)C(C)(C)C. The summed E-state index contributed by atoms with van der Waals surface area (Å²) in [7, 11) is 0. The van der Waals surface area contributed by atoms with Crippen LogP contribution in [0, 0.1) is 32.5 Å². The molecule has 4 heterocycles. The quantitative estimate of drug-likeness (QED) is 0.101. The Bertz CT molecular complexity index is 5960. The Morgan fingerprint density at radius 3 is 0.812 bits per heavy atom. The van der Waals surface area contributed by atoms with Crippen LogP contribution in [-0.4, -0.2) is 15.8 Å². The number of hydrogen-bond acceptors (Lipinski definition) is 2. The van der Waals surface area contributed by atoms with E-state index in [0.29, 0.717) is 11.1 Å². The van der Waals surface area contributed by atoms with Gasteiger partial charge in [0.1, 0.15) is 0 Å². The van der Waals surface area contributed by atoms with Crippen molar-refractivity contribution in [3.8, 4) is 55.9 Å². The van der Waals surface area contributed by atoms with Gasteiger partial charge in [0.2, 0.25) is 0 Å². The van der Waals surface area contributed by atoms with Gasteiger partial charge in [0.05, 0.1) is 33.4 Å². The average molecular weight is 1540 g/mol. The van der Waals surface area contributed by atoms with E-state index in [-0.39, 0.29) is 21.7 Å². The molecule has 2 aliphatic heterocycles. The summed E-state index contributed by atoms with van der Waals surface area (Å²) in [4.78, 5) is 5.32. The lowest BCUT2D eigenvalue weighted by Crippen LogP contribution is -2.61. The highest BCUT2D eigenvalue weighted by atomic mass is 15.2. The van der Waals surface area contributed by atoms with E-state index in [1.807, 2.05) is 41.5 Å². The molecule has 0 atom stereocenters. The molecule has 590 valence electrons. The van der Waals surface area contributed by atoms with Crippen molar-refractivity contribution >= 4 is 101 Å². The van der Waals surface area contributed by atoms with Crippen LogP contribution in [0.5, 0.6) is 0 Å². The molecule has 0 fully saturated rings. The number of benzene rings is 13. The van der Waals surface area contributed by atoms with Crippen molar-refractivity contribution in [3.05, 3.63) is 306 Å². The average Bonchev–Trinajstić information content (AvgIpc) is 0.844. The monoisotopic (exact) mass is 1530 g/mol. The number of rotatable bonds is 14. The first-order valence-electron chi connectivity index (χ1n) is 44.7. The molecule has 117 heavy (non-hydrogen) atoms. The molecule has 2 aliphatic rings. The van der Waals surface area contributed by atoms with Crippen LogP contribution in [0.15, 0.2) is 267 Å². The van der Waals surface area contributed by atoms with Crippen molar-refractivity contribution in [1.29, 1.82) is 0 Å². The van der Waals surface area contributed by atoms with Gasteiger partial charge in [0.25, 0.3) is 6.71 Å². The normalized spacial score (nSPS) is 14.2. The van der Waals surface area contributed by atoms with Gasteiger partial charge in [0, 0.05) is 83.4 Å². The second-order valence-corrected chi connectivity index (χ2v) is 41.8. The van der Waals surface area contributed by atoms with E-state index in [2.05, 4.69) is 390 Å². The van der Waals surface area contributed by atoms with E-state index in [0.717, 1.165) is 160 Å². The molecule has 0 amide bonds. The second kappa shape index (κ2) is 29.0. The van der Waals surface area contributed by atoms with Gasteiger partial charge in [-0.3, -0.25) is 0 Å². The van der Waals surface area contributed by atoms with Crippen LogP contribution >= 0.6 is 0 Å². The molecule has 13 aromatic carbocycles. The van der Waals surface area contributed by atoms with Crippen LogP contribution in [0.25, 0.3) is 99.5 Å². The summed E-state index contributed by atoms with van der Waals surface area (Å²) < 4.78 is 47.4. The van der Waals surface area contributed by atoms with E-state index in [4.69, 9.17) is 0 Å². The summed E-state index contributed by atoms with van der Waals surface area (Å²) in [6, 6.07) is 101. The number of hydrogen-bond donors (Lipinski definition) is 0. The summed E-state index contributed by atoms with van der Waals surface area (Å²) in [6.45, 7) is 46.8. The molecular weight excluding hydrogens is 1410 g/mol. The highest BCUT2D eigenvalue weighted by Gasteiger charge is 2.47. The van der Waals surface area contributed by atoms with E-state index in [9.17, 15) is 5.48 Å². The van der Waals surface area contributed by atoms with Gasteiger partial charge in [-0.2, -0.15) is 0 Å². The molecule has 17 rings (SSSR count). The number of fused-ring (bicyclic) bond motifs is 10. The summed E-state index contributed by atoms with van der Waals surface area (Å²) in [6.07, 6.45) is -0.311. The standard InChI is InChI=1S/C112H119BN4/c1-106(2,3)66-72-34-30-38-78(54-72)89-58-76(70-110(13,14)15)59-90(79-39-31-35-73(55-79)67-107(4,5)6)104(89)116-99-64-83(114-95-46-26-22-42-85(95)86-43-23-27-47-96(86)114)50-52-93(99)113-94-53-51-84(115-97-48-28-24-44-87(97)88-45-25-29-49-98(88)115)65-100(94)117(102-63-82(112(19,20)21)62-101(116)103(102)113)105-91(80-40-32-36-74(56-80)68-108(7,8)9)60-77(71-111(16,17)18)61-92(105)81-41-33-37-75(57-81)69-109(10,11)12/h22-65H,66-71H2,1-21H3/i70D2,71D2. The summed E-state index contributed by atoms with van der Waals surface area (Å²) >= 11 is 0. The van der Waals surface area contributed by atoms with Crippen molar-refractivity contribution in [2.75, 3.05) is 9.80 Å². The molecular formula is C112H119BN4. The lowest BCUT2D eigenvalue weighted by Gasteiger charge is -2.46.